The fourth-order valence-electron chi connectivity index (χ4n) is 5.34. The van der Waals surface area contributed by atoms with Crippen LogP contribution < -0.4 is 0 Å². The van der Waals surface area contributed by atoms with E-state index < -0.39 is 25.0 Å². The van der Waals surface area contributed by atoms with Crippen molar-refractivity contribution in [2.24, 2.45) is 11.8 Å². The van der Waals surface area contributed by atoms with Gasteiger partial charge in [-0.25, -0.2) is 0 Å². The van der Waals surface area contributed by atoms with E-state index in [1.165, 1.54) is 20.0 Å². The summed E-state index contributed by atoms with van der Waals surface area (Å²) in [6.45, 7) is 22.4. The van der Waals surface area contributed by atoms with Crippen LogP contribution in [0.2, 0.25) is 58.9 Å². The zero-order valence-corrected chi connectivity index (χ0v) is 30.1. The molecule has 0 N–H and O–H groups in total. The van der Waals surface area contributed by atoms with Crippen molar-refractivity contribution in [1.82, 2.24) is 0 Å². The third-order valence-electron chi connectivity index (χ3n) is 6.80. The van der Waals surface area contributed by atoms with Gasteiger partial charge in [0, 0.05) is 25.2 Å². The molecule has 1 rings (SSSR count). The number of ketones is 1. The quantitative estimate of drug-likeness (QED) is 0.0645. The standard InChI is InChI=1S/C30H60O6Si3/c1-12-13-14-18-25(34-37(3,4)5)20-21-26-27(22-24(31)17-15-16-19-30(32)33-2)29(36-39(9,10)11)23-28(26)35-38(6,7)8/h20-21,25-29H,12-19,22-23H2,1-11H3/b21-20+/t25-,26+,27+,28+,29-/m0/s1. The number of hydrogen-bond donors (Lipinski definition) is 0. The van der Waals surface area contributed by atoms with Gasteiger partial charge in [0.2, 0.25) is 0 Å². The topological polar surface area (TPSA) is 71.1 Å². The average molecular weight is 601 g/mol. The van der Waals surface area contributed by atoms with Crippen molar-refractivity contribution >= 4 is 36.7 Å². The molecule has 228 valence electrons. The SMILES string of the molecule is CCCCC[C@@H](/C=C/[C@@H]1[C@@H](CC(=O)CCCCC(=O)OC)[C@@H](O[Si](C)(C)C)C[C@H]1O[Si](C)(C)C)O[Si](C)(C)C. The highest BCUT2D eigenvalue weighted by Crippen LogP contribution is 2.42. The lowest BCUT2D eigenvalue weighted by Gasteiger charge is -2.30. The minimum absolute atomic E-state index is 0.0168. The van der Waals surface area contributed by atoms with E-state index in [1.807, 2.05) is 0 Å². The molecule has 0 radical (unpaired) electrons. The Bertz CT molecular complexity index is 766. The van der Waals surface area contributed by atoms with E-state index in [9.17, 15) is 9.59 Å². The summed E-state index contributed by atoms with van der Waals surface area (Å²) in [4.78, 5) is 24.7. The van der Waals surface area contributed by atoms with Crippen molar-refractivity contribution in [3.05, 3.63) is 12.2 Å². The number of ether oxygens (including phenoxy) is 1. The van der Waals surface area contributed by atoms with Crippen LogP contribution in [-0.4, -0.2) is 62.1 Å². The first-order chi connectivity index (χ1) is 17.9. The molecule has 6 nitrogen and oxygen atoms in total. The van der Waals surface area contributed by atoms with Gasteiger partial charge in [-0.3, -0.25) is 9.59 Å². The molecular weight excluding hydrogens is 541 g/mol. The first-order valence-corrected chi connectivity index (χ1v) is 25.5. The molecular formula is C30H60O6Si3. The molecule has 0 aromatic carbocycles. The number of methoxy groups -OCH3 is 1. The average Bonchev–Trinajstić information content (AvgIpc) is 3.06. The van der Waals surface area contributed by atoms with E-state index in [0.717, 1.165) is 19.3 Å². The molecule has 5 atom stereocenters. The Morgan fingerprint density at radius 2 is 1.41 bits per heavy atom. The Kier molecular flexibility index (Phi) is 15.7. The Labute approximate surface area is 243 Å². The molecule has 0 aromatic heterocycles. The molecule has 0 unspecified atom stereocenters. The van der Waals surface area contributed by atoms with Gasteiger partial charge in [0.05, 0.1) is 25.4 Å². The molecule has 39 heavy (non-hydrogen) atoms. The van der Waals surface area contributed by atoms with Gasteiger partial charge in [-0.1, -0.05) is 38.3 Å². The largest absolute Gasteiger partial charge is 0.469 e. The lowest BCUT2D eigenvalue weighted by atomic mass is 9.87. The number of Topliss-reactive ketones (excluding diaryl/α,β-unsaturated/α-hetero) is 1. The predicted octanol–water partition coefficient (Wildman–Crippen LogP) is 8.11. The Balaban J connectivity index is 3.21. The van der Waals surface area contributed by atoms with Crippen molar-refractivity contribution in [3.63, 3.8) is 0 Å². The van der Waals surface area contributed by atoms with Gasteiger partial charge < -0.3 is 18.0 Å². The number of rotatable bonds is 19. The fraction of sp³-hybridized carbons (Fsp3) is 0.867. The van der Waals surface area contributed by atoms with Gasteiger partial charge in [0.25, 0.3) is 0 Å². The predicted molar refractivity (Wildman–Crippen MR) is 170 cm³/mol. The van der Waals surface area contributed by atoms with Crippen molar-refractivity contribution < 1.29 is 27.6 Å². The summed E-state index contributed by atoms with van der Waals surface area (Å²) in [5.41, 5.74) is 0. The molecule has 0 saturated heterocycles. The van der Waals surface area contributed by atoms with Crippen molar-refractivity contribution in [3.8, 4) is 0 Å². The summed E-state index contributed by atoms with van der Waals surface area (Å²) in [5, 5.41) is 0. The molecule has 0 heterocycles. The van der Waals surface area contributed by atoms with Gasteiger partial charge >= 0.3 is 5.97 Å². The number of unbranched alkanes of at least 4 members (excludes halogenated alkanes) is 3. The summed E-state index contributed by atoms with van der Waals surface area (Å²) in [5.74, 6) is 0.243. The molecule has 0 spiro atoms. The van der Waals surface area contributed by atoms with Crippen LogP contribution in [-0.2, 0) is 27.6 Å². The van der Waals surface area contributed by atoms with Crippen LogP contribution in [0.4, 0.5) is 0 Å². The molecule has 0 aliphatic heterocycles. The first kappa shape index (κ1) is 36.4. The number of hydrogen-bond acceptors (Lipinski definition) is 6. The minimum atomic E-state index is -1.83. The second kappa shape index (κ2) is 16.8. The van der Waals surface area contributed by atoms with E-state index in [0.29, 0.717) is 32.1 Å². The monoisotopic (exact) mass is 600 g/mol. The molecule has 1 fully saturated rings. The summed E-state index contributed by atoms with van der Waals surface area (Å²) >= 11 is 0. The minimum Gasteiger partial charge on any atom is -0.469 e. The van der Waals surface area contributed by atoms with Gasteiger partial charge in [-0.05, 0) is 90.5 Å². The van der Waals surface area contributed by atoms with Crippen LogP contribution >= 0.6 is 0 Å². The summed E-state index contributed by atoms with van der Waals surface area (Å²) in [6, 6.07) is 0. The number of esters is 1. The van der Waals surface area contributed by atoms with E-state index in [4.69, 9.17) is 18.0 Å². The Morgan fingerprint density at radius 3 is 1.95 bits per heavy atom. The van der Waals surface area contributed by atoms with Crippen LogP contribution in [0.15, 0.2) is 12.2 Å². The fourth-order valence-corrected chi connectivity index (χ4v) is 8.79. The van der Waals surface area contributed by atoms with Gasteiger partial charge in [-0.2, -0.15) is 0 Å². The highest BCUT2D eigenvalue weighted by Gasteiger charge is 2.46. The van der Waals surface area contributed by atoms with Crippen molar-refractivity contribution in [2.75, 3.05) is 7.11 Å². The van der Waals surface area contributed by atoms with Crippen LogP contribution in [0.5, 0.6) is 0 Å². The van der Waals surface area contributed by atoms with Crippen molar-refractivity contribution in [1.29, 1.82) is 0 Å². The van der Waals surface area contributed by atoms with Crippen LogP contribution in [0.3, 0.4) is 0 Å². The van der Waals surface area contributed by atoms with Gasteiger partial charge in [0.15, 0.2) is 25.0 Å². The maximum Gasteiger partial charge on any atom is 0.305 e. The summed E-state index contributed by atoms with van der Waals surface area (Å²) < 4.78 is 24.8. The second-order valence-electron chi connectivity index (χ2n) is 14.2. The number of carbonyl (C=O) groups excluding carboxylic acids is 2. The molecule has 1 aliphatic carbocycles. The molecule has 0 bridgehead atoms. The normalized spacial score (nSPS) is 23.4. The van der Waals surface area contributed by atoms with Crippen LogP contribution in [0.1, 0.15) is 71.1 Å². The van der Waals surface area contributed by atoms with E-state index in [1.54, 1.807) is 0 Å². The Hall–Kier alpha value is -0.589. The number of carbonyl (C=O) groups is 2. The van der Waals surface area contributed by atoms with Crippen LogP contribution in [0.25, 0.3) is 0 Å². The first-order valence-electron chi connectivity index (χ1n) is 15.2. The maximum absolute atomic E-state index is 13.2. The molecule has 0 aromatic rings. The zero-order valence-electron chi connectivity index (χ0n) is 27.1. The van der Waals surface area contributed by atoms with E-state index in [2.05, 4.69) is 78.0 Å². The summed E-state index contributed by atoms with van der Waals surface area (Å²) in [7, 11) is -3.95. The lowest BCUT2D eigenvalue weighted by Crippen LogP contribution is -2.36. The third-order valence-corrected chi connectivity index (χ3v) is 9.83. The Morgan fingerprint density at radius 1 is 0.821 bits per heavy atom. The summed E-state index contributed by atoms with van der Waals surface area (Å²) in [6.07, 6.45) is 12.9. The van der Waals surface area contributed by atoms with Crippen molar-refractivity contribution in [2.45, 2.75) is 148 Å². The zero-order chi connectivity index (χ0) is 29.9. The second-order valence-corrected chi connectivity index (χ2v) is 27.6. The molecule has 9 heteroatoms. The third kappa shape index (κ3) is 16.4. The van der Waals surface area contributed by atoms with Gasteiger partial charge in [0.1, 0.15) is 5.78 Å². The van der Waals surface area contributed by atoms with Gasteiger partial charge in [-0.15, -0.1) is 0 Å². The van der Waals surface area contributed by atoms with Crippen LogP contribution in [0, 0.1) is 11.8 Å². The molecule has 1 saturated carbocycles. The van der Waals surface area contributed by atoms with E-state index >= 15 is 0 Å². The highest BCUT2D eigenvalue weighted by atomic mass is 28.4. The highest BCUT2D eigenvalue weighted by molar-refractivity contribution is 6.70. The molecule has 1 aliphatic rings. The lowest BCUT2D eigenvalue weighted by molar-refractivity contribution is -0.140. The maximum atomic E-state index is 13.2. The smallest absolute Gasteiger partial charge is 0.305 e. The van der Waals surface area contributed by atoms with E-state index in [-0.39, 0.29) is 41.9 Å². The molecule has 0 amide bonds.